The van der Waals surface area contributed by atoms with Gasteiger partial charge in [0.25, 0.3) is 5.91 Å². The predicted octanol–water partition coefficient (Wildman–Crippen LogP) is 2.02. The lowest BCUT2D eigenvalue weighted by Crippen LogP contribution is -2.35. The van der Waals surface area contributed by atoms with Crippen molar-refractivity contribution in [3.05, 3.63) is 48.0 Å². The number of methoxy groups -OCH3 is 1. The smallest absolute Gasteiger partial charge is 0.255 e. The van der Waals surface area contributed by atoms with Crippen LogP contribution in [0.15, 0.2) is 47.4 Å². The predicted molar refractivity (Wildman–Crippen MR) is 103 cm³/mol. The molecule has 0 bridgehead atoms. The van der Waals surface area contributed by atoms with Crippen molar-refractivity contribution in [2.45, 2.75) is 17.9 Å². The van der Waals surface area contributed by atoms with Crippen LogP contribution in [0.25, 0.3) is 0 Å². The maximum Gasteiger partial charge on any atom is 0.255 e. The minimum atomic E-state index is -3.69. The van der Waals surface area contributed by atoms with Gasteiger partial charge in [-0.15, -0.1) is 0 Å². The lowest BCUT2D eigenvalue weighted by molar-refractivity contribution is 0.102. The summed E-state index contributed by atoms with van der Waals surface area (Å²) in [6.45, 7) is 2.91. The molecule has 0 saturated carbocycles. The molecule has 3 rings (SSSR count). The first-order chi connectivity index (χ1) is 13.4. The molecule has 0 saturated heterocycles. The molecule has 28 heavy (non-hydrogen) atoms. The highest BCUT2D eigenvalue weighted by Gasteiger charge is 2.18. The van der Waals surface area contributed by atoms with E-state index in [2.05, 4.69) is 10.0 Å². The maximum atomic E-state index is 12.4. The molecule has 2 aromatic rings. The summed E-state index contributed by atoms with van der Waals surface area (Å²) in [5.74, 6) is 0.845. The first-order valence-electron chi connectivity index (χ1n) is 8.71. The molecule has 1 amide bonds. The van der Waals surface area contributed by atoms with E-state index in [1.165, 1.54) is 31.4 Å². The zero-order valence-corrected chi connectivity index (χ0v) is 16.4. The number of amides is 1. The molecule has 2 aromatic carbocycles. The summed E-state index contributed by atoms with van der Waals surface area (Å²) in [6.07, 6.45) is 0. The zero-order chi connectivity index (χ0) is 20.1. The van der Waals surface area contributed by atoms with E-state index in [0.717, 1.165) is 0 Å². The number of carbonyl (C=O) groups is 1. The van der Waals surface area contributed by atoms with E-state index in [9.17, 15) is 13.2 Å². The minimum absolute atomic E-state index is 0.0753. The number of sulfonamides is 1. The van der Waals surface area contributed by atoms with Gasteiger partial charge >= 0.3 is 0 Å². The summed E-state index contributed by atoms with van der Waals surface area (Å²) in [7, 11) is -2.19. The van der Waals surface area contributed by atoms with Gasteiger partial charge in [0, 0.05) is 30.5 Å². The third-order valence-corrected chi connectivity index (χ3v) is 5.61. The topological polar surface area (TPSA) is 103 Å². The molecule has 1 atom stereocenters. The number of benzene rings is 2. The molecule has 2 N–H and O–H groups in total. The van der Waals surface area contributed by atoms with Gasteiger partial charge < -0.3 is 19.5 Å². The van der Waals surface area contributed by atoms with Crippen LogP contribution in [0.1, 0.15) is 17.3 Å². The first-order valence-corrected chi connectivity index (χ1v) is 10.2. The highest BCUT2D eigenvalue weighted by Crippen LogP contribution is 2.32. The van der Waals surface area contributed by atoms with Gasteiger partial charge in [0.2, 0.25) is 10.0 Å². The van der Waals surface area contributed by atoms with Gasteiger partial charge in [-0.05, 0) is 43.3 Å². The summed E-state index contributed by atoms with van der Waals surface area (Å²) in [5, 5.41) is 2.76. The molecule has 8 nitrogen and oxygen atoms in total. The fraction of sp³-hybridized carbons (Fsp3) is 0.316. The molecule has 1 aliphatic rings. The summed E-state index contributed by atoms with van der Waals surface area (Å²) in [4.78, 5) is 12.5. The molecule has 0 aromatic heterocycles. The minimum Gasteiger partial charge on any atom is -0.486 e. The van der Waals surface area contributed by atoms with E-state index >= 15 is 0 Å². The monoisotopic (exact) mass is 406 g/mol. The summed E-state index contributed by atoms with van der Waals surface area (Å²) < 4.78 is 43.1. The Morgan fingerprint density at radius 2 is 1.79 bits per heavy atom. The standard InChI is InChI=1S/C19H22N2O6S/c1-13(12-25-2)21-28(23,24)16-6-3-14(4-7-16)19(22)20-15-5-8-17-18(11-15)27-10-9-26-17/h3-8,11,13,21H,9-10,12H2,1-2H3,(H,20,22)/t13-/m1/s1. The molecule has 1 heterocycles. The molecule has 0 radical (unpaired) electrons. The van der Waals surface area contributed by atoms with Crippen molar-refractivity contribution in [3.8, 4) is 11.5 Å². The van der Waals surface area contributed by atoms with E-state index in [-0.39, 0.29) is 23.5 Å². The summed E-state index contributed by atoms with van der Waals surface area (Å²) in [6, 6.07) is 10.5. The fourth-order valence-corrected chi connectivity index (χ4v) is 3.95. The van der Waals surface area contributed by atoms with Crippen LogP contribution in [-0.4, -0.2) is 47.3 Å². The van der Waals surface area contributed by atoms with Gasteiger partial charge in [-0.25, -0.2) is 13.1 Å². The van der Waals surface area contributed by atoms with Gasteiger partial charge in [0.1, 0.15) is 13.2 Å². The Morgan fingerprint density at radius 1 is 1.11 bits per heavy atom. The molecule has 1 aliphatic heterocycles. The lowest BCUT2D eigenvalue weighted by atomic mass is 10.2. The molecular weight excluding hydrogens is 384 g/mol. The van der Waals surface area contributed by atoms with E-state index < -0.39 is 10.0 Å². The molecule has 0 fully saturated rings. The molecule has 9 heteroatoms. The van der Waals surface area contributed by atoms with Crippen molar-refractivity contribution in [2.75, 3.05) is 32.2 Å². The van der Waals surface area contributed by atoms with Crippen LogP contribution < -0.4 is 19.5 Å². The molecule has 0 aliphatic carbocycles. The Morgan fingerprint density at radius 3 is 2.46 bits per heavy atom. The van der Waals surface area contributed by atoms with Crippen molar-refractivity contribution in [1.82, 2.24) is 4.72 Å². The third-order valence-electron chi connectivity index (χ3n) is 4.00. The number of rotatable bonds is 7. The Bertz CT molecular complexity index is 943. The van der Waals surface area contributed by atoms with Crippen LogP contribution in [0, 0.1) is 0 Å². The lowest BCUT2D eigenvalue weighted by Gasteiger charge is -2.19. The molecule has 0 spiro atoms. The van der Waals surface area contributed by atoms with Crippen LogP contribution in [0.4, 0.5) is 5.69 Å². The SMILES string of the molecule is COC[C@@H](C)NS(=O)(=O)c1ccc(C(=O)Nc2ccc3c(c2)OCCO3)cc1. The van der Waals surface area contributed by atoms with Gasteiger partial charge in [0.15, 0.2) is 11.5 Å². The Labute approximate surface area is 163 Å². The number of carbonyl (C=O) groups excluding carboxylic acids is 1. The van der Waals surface area contributed by atoms with E-state index in [1.54, 1.807) is 25.1 Å². The number of hydrogen-bond acceptors (Lipinski definition) is 6. The average Bonchev–Trinajstić information content (AvgIpc) is 2.68. The normalized spacial score (nSPS) is 14.4. The molecular formula is C19H22N2O6S. The number of ether oxygens (including phenoxy) is 3. The second kappa shape index (κ2) is 8.59. The molecule has 150 valence electrons. The van der Waals surface area contributed by atoms with Crippen molar-refractivity contribution in [3.63, 3.8) is 0 Å². The van der Waals surface area contributed by atoms with Gasteiger partial charge in [-0.1, -0.05) is 0 Å². The largest absolute Gasteiger partial charge is 0.486 e. The van der Waals surface area contributed by atoms with Crippen LogP contribution in [0.5, 0.6) is 11.5 Å². The van der Waals surface area contributed by atoms with E-state index in [0.29, 0.717) is 36.0 Å². The van der Waals surface area contributed by atoms with Crippen LogP contribution in [0.3, 0.4) is 0 Å². The Hall–Kier alpha value is -2.62. The second-order valence-corrected chi connectivity index (χ2v) is 8.03. The maximum absolute atomic E-state index is 12.4. The number of nitrogens with one attached hydrogen (secondary N) is 2. The molecule has 0 unspecified atom stereocenters. The van der Waals surface area contributed by atoms with Crippen molar-refractivity contribution >= 4 is 21.6 Å². The van der Waals surface area contributed by atoms with Gasteiger partial charge in [-0.3, -0.25) is 4.79 Å². The number of hydrogen-bond donors (Lipinski definition) is 2. The zero-order valence-electron chi connectivity index (χ0n) is 15.6. The quantitative estimate of drug-likeness (QED) is 0.729. The van der Waals surface area contributed by atoms with Crippen LogP contribution in [-0.2, 0) is 14.8 Å². The van der Waals surface area contributed by atoms with Crippen LogP contribution >= 0.6 is 0 Å². The van der Waals surface area contributed by atoms with Gasteiger partial charge in [-0.2, -0.15) is 0 Å². The highest BCUT2D eigenvalue weighted by atomic mass is 32.2. The Balaban J connectivity index is 1.68. The first kappa shape index (κ1) is 20.1. The van der Waals surface area contributed by atoms with Crippen LogP contribution in [0.2, 0.25) is 0 Å². The number of anilines is 1. The highest BCUT2D eigenvalue weighted by molar-refractivity contribution is 7.89. The third kappa shape index (κ3) is 4.80. The average molecular weight is 406 g/mol. The Kier molecular flexibility index (Phi) is 6.18. The van der Waals surface area contributed by atoms with Crippen molar-refractivity contribution in [2.24, 2.45) is 0 Å². The van der Waals surface area contributed by atoms with Crippen molar-refractivity contribution < 1.29 is 27.4 Å². The van der Waals surface area contributed by atoms with Crippen molar-refractivity contribution in [1.29, 1.82) is 0 Å². The van der Waals surface area contributed by atoms with Gasteiger partial charge in [0.05, 0.1) is 11.5 Å². The second-order valence-electron chi connectivity index (χ2n) is 6.31. The summed E-state index contributed by atoms with van der Waals surface area (Å²) in [5.41, 5.74) is 0.889. The number of fused-ring (bicyclic) bond motifs is 1. The van der Waals surface area contributed by atoms with E-state index in [4.69, 9.17) is 14.2 Å². The fourth-order valence-electron chi connectivity index (χ4n) is 2.73. The summed E-state index contributed by atoms with van der Waals surface area (Å²) >= 11 is 0. The van der Waals surface area contributed by atoms with E-state index in [1.807, 2.05) is 0 Å².